The third-order valence-corrected chi connectivity index (χ3v) is 2.65. The molecule has 1 aliphatic heterocycles. The smallest absolute Gasteiger partial charge is 0.222 e. The van der Waals surface area contributed by atoms with Crippen LogP contribution in [-0.4, -0.2) is 23.9 Å². The number of amides is 1. The Morgan fingerprint density at radius 1 is 1.67 bits per heavy atom. The van der Waals surface area contributed by atoms with Crippen molar-refractivity contribution in [1.29, 1.82) is 0 Å². The maximum Gasteiger partial charge on any atom is 0.222 e. The van der Waals surface area contributed by atoms with Crippen molar-refractivity contribution in [2.45, 2.75) is 32.7 Å². The molecule has 0 aromatic heterocycles. The van der Waals surface area contributed by atoms with Crippen LogP contribution in [0, 0.1) is 5.92 Å². The Morgan fingerprint density at radius 3 is 2.75 bits per heavy atom. The van der Waals surface area contributed by atoms with Crippen LogP contribution in [0.3, 0.4) is 0 Å². The Hall–Kier alpha value is -0.790. The van der Waals surface area contributed by atoms with Gasteiger partial charge >= 0.3 is 0 Å². The van der Waals surface area contributed by atoms with Crippen molar-refractivity contribution in [3.8, 4) is 0 Å². The first-order valence-electron chi connectivity index (χ1n) is 4.55. The van der Waals surface area contributed by atoms with Gasteiger partial charge in [0.15, 0.2) is 0 Å². The lowest BCUT2D eigenvalue weighted by atomic mass is 9.99. The molecule has 0 aliphatic carbocycles. The predicted molar refractivity (Wildman–Crippen MR) is 49.8 cm³/mol. The highest BCUT2D eigenvalue weighted by molar-refractivity contribution is 5.78. The van der Waals surface area contributed by atoms with E-state index in [-0.39, 0.29) is 5.91 Å². The maximum absolute atomic E-state index is 11.2. The molecule has 12 heavy (non-hydrogen) atoms. The molecule has 0 N–H and O–H groups in total. The van der Waals surface area contributed by atoms with Gasteiger partial charge in [-0.05, 0) is 19.3 Å². The molecular weight excluding hydrogens is 150 g/mol. The minimum absolute atomic E-state index is 0.288. The molecule has 1 amide bonds. The summed E-state index contributed by atoms with van der Waals surface area (Å²) in [6.07, 6.45) is 5.96. The topological polar surface area (TPSA) is 20.3 Å². The van der Waals surface area contributed by atoms with Gasteiger partial charge in [-0.15, -0.1) is 0 Å². The van der Waals surface area contributed by atoms with Crippen molar-refractivity contribution in [3.05, 3.63) is 12.2 Å². The first-order chi connectivity index (χ1) is 5.66. The third kappa shape index (κ3) is 1.68. The van der Waals surface area contributed by atoms with Crippen molar-refractivity contribution in [2.75, 3.05) is 7.05 Å². The van der Waals surface area contributed by atoms with Crippen LogP contribution in [0.1, 0.15) is 26.7 Å². The second kappa shape index (κ2) is 3.74. The number of carbonyl (C=O) groups is 1. The van der Waals surface area contributed by atoms with E-state index in [4.69, 9.17) is 0 Å². The second-order valence-corrected chi connectivity index (χ2v) is 3.50. The van der Waals surface area contributed by atoms with Gasteiger partial charge in [0, 0.05) is 19.5 Å². The zero-order valence-corrected chi connectivity index (χ0v) is 8.08. The highest BCUT2D eigenvalue weighted by atomic mass is 16.2. The summed E-state index contributed by atoms with van der Waals surface area (Å²) < 4.78 is 0. The van der Waals surface area contributed by atoms with Crippen molar-refractivity contribution in [3.63, 3.8) is 0 Å². The summed E-state index contributed by atoms with van der Waals surface area (Å²) in [4.78, 5) is 13.1. The minimum Gasteiger partial charge on any atom is -0.342 e. The first kappa shape index (κ1) is 9.30. The molecule has 68 valence electrons. The summed E-state index contributed by atoms with van der Waals surface area (Å²) in [5.74, 6) is 0.780. The zero-order chi connectivity index (χ0) is 9.14. The van der Waals surface area contributed by atoms with Crippen LogP contribution in [-0.2, 0) is 4.79 Å². The Morgan fingerprint density at radius 2 is 2.33 bits per heavy atom. The van der Waals surface area contributed by atoms with E-state index in [0.29, 0.717) is 12.0 Å². The normalized spacial score (nSPS) is 27.1. The van der Waals surface area contributed by atoms with Crippen LogP contribution in [0.25, 0.3) is 0 Å². The van der Waals surface area contributed by atoms with Crippen molar-refractivity contribution in [2.24, 2.45) is 5.92 Å². The van der Waals surface area contributed by atoms with Gasteiger partial charge in [0.25, 0.3) is 0 Å². The molecular formula is C10H17NO. The van der Waals surface area contributed by atoms with Crippen molar-refractivity contribution < 1.29 is 4.79 Å². The molecule has 2 nitrogen and oxygen atoms in total. The van der Waals surface area contributed by atoms with Gasteiger partial charge in [0.05, 0.1) is 0 Å². The summed E-state index contributed by atoms with van der Waals surface area (Å²) >= 11 is 0. The molecule has 1 heterocycles. The van der Waals surface area contributed by atoms with Crippen LogP contribution in [0.4, 0.5) is 0 Å². The number of carbonyl (C=O) groups excluding carboxylic acids is 1. The fourth-order valence-corrected chi connectivity index (χ4v) is 1.87. The van der Waals surface area contributed by atoms with Crippen LogP contribution >= 0.6 is 0 Å². The van der Waals surface area contributed by atoms with Crippen molar-refractivity contribution in [1.82, 2.24) is 4.90 Å². The molecule has 0 saturated carbocycles. The van der Waals surface area contributed by atoms with Crippen LogP contribution < -0.4 is 0 Å². The largest absolute Gasteiger partial charge is 0.342 e. The third-order valence-electron chi connectivity index (χ3n) is 2.65. The van der Waals surface area contributed by atoms with Gasteiger partial charge in [-0.3, -0.25) is 4.79 Å². The standard InChI is InChI=1S/C10H17NO/c1-4-5-8(2)9-6-7-10(12)11(9)3/h4-5,8-9H,6-7H2,1-3H3/b5-4-. The lowest BCUT2D eigenvalue weighted by molar-refractivity contribution is -0.127. The van der Waals surface area contributed by atoms with Gasteiger partial charge in [-0.2, -0.15) is 0 Å². The summed E-state index contributed by atoms with van der Waals surface area (Å²) in [7, 11) is 1.90. The number of allylic oxidation sites excluding steroid dienone is 1. The fourth-order valence-electron chi connectivity index (χ4n) is 1.87. The lowest BCUT2D eigenvalue weighted by Gasteiger charge is -2.23. The zero-order valence-electron chi connectivity index (χ0n) is 8.08. The molecule has 2 heteroatoms. The van der Waals surface area contributed by atoms with E-state index in [9.17, 15) is 4.79 Å². The molecule has 1 saturated heterocycles. The molecule has 2 unspecified atom stereocenters. The molecule has 0 radical (unpaired) electrons. The number of nitrogens with zero attached hydrogens (tertiary/aromatic N) is 1. The van der Waals surface area contributed by atoms with E-state index >= 15 is 0 Å². The van der Waals surface area contributed by atoms with Crippen LogP contribution in [0.15, 0.2) is 12.2 Å². The number of rotatable bonds is 2. The summed E-state index contributed by atoms with van der Waals surface area (Å²) in [5.41, 5.74) is 0. The lowest BCUT2D eigenvalue weighted by Crippen LogP contribution is -2.32. The average molecular weight is 167 g/mol. The molecule has 2 atom stereocenters. The Balaban J connectivity index is 2.58. The van der Waals surface area contributed by atoms with E-state index < -0.39 is 0 Å². The van der Waals surface area contributed by atoms with Gasteiger partial charge in [-0.25, -0.2) is 0 Å². The molecule has 0 aromatic rings. The van der Waals surface area contributed by atoms with Gasteiger partial charge < -0.3 is 4.90 Å². The molecule has 0 aromatic carbocycles. The molecule has 0 bridgehead atoms. The molecule has 1 rings (SSSR count). The predicted octanol–water partition coefficient (Wildman–Crippen LogP) is 1.82. The molecule has 1 fully saturated rings. The van der Waals surface area contributed by atoms with E-state index in [2.05, 4.69) is 19.1 Å². The van der Waals surface area contributed by atoms with Crippen LogP contribution in [0.5, 0.6) is 0 Å². The number of hydrogen-bond donors (Lipinski definition) is 0. The first-order valence-corrected chi connectivity index (χ1v) is 4.55. The highest BCUT2D eigenvalue weighted by Gasteiger charge is 2.30. The summed E-state index contributed by atoms with van der Waals surface area (Å²) in [6.45, 7) is 4.19. The van der Waals surface area contributed by atoms with Gasteiger partial charge in [0.1, 0.15) is 0 Å². The Kier molecular flexibility index (Phi) is 2.90. The molecule has 1 aliphatic rings. The summed E-state index contributed by atoms with van der Waals surface area (Å²) in [5, 5.41) is 0. The maximum atomic E-state index is 11.2. The quantitative estimate of drug-likeness (QED) is 0.574. The van der Waals surface area contributed by atoms with E-state index in [1.54, 1.807) is 0 Å². The minimum atomic E-state index is 0.288. The van der Waals surface area contributed by atoms with Gasteiger partial charge in [0.2, 0.25) is 5.91 Å². The average Bonchev–Trinajstić information content (AvgIpc) is 2.34. The Labute approximate surface area is 74.2 Å². The SMILES string of the molecule is C/C=C\C(C)C1CCC(=O)N1C. The van der Waals surface area contributed by atoms with E-state index in [1.807, 2.05) is 18.9 Å². The van der Waals surface area contributed by atoms with Crippen LogP contribution in [0.2, 0.25) is 0 Å². The summed E-state index contributed by atoms with van der Waals surface area (Å²) in [6, 6.07) is 0.425. The van der Waals surface area contributed by atoms with Crippen molar-refractivity contribution >= 4 is 5.91 Å². The van der Waals surface area contributed by atoms with E-state index in [0.717, 1.165) is 12.8 Å². The molecule has 0 spiro atoms. The number of likely N-dealkylation sites (tertiary alicyclic amines) is 1. The Bertz CT molecular complexity index is 198. The van der Waals surface area contributed by atoms with E-state index in [1.165, 1.54) is 0 Å². The monoisotopic (exact) mass is 167 g/mol. The number of hydrogen-bond acceptors (Lipinski definition) is 1. The second-order valence-electron chi connectivity index (χ2n) is 3.50. The van der Waals surface area contributed by atoms with Gasteiger partial charge in [-0.1, -0.05) is 19.1 Å². The fraction of sp³-hybridized carbons (Fsp3) is 0.700. The highest BCUT2D eigenvalue weighted by Crippen LogP contribution is 2.23.